The van der Waals surface area contributed by atoms with Crippen LogP contribution in [0.4, 0.5) is 4.79 Å². The lowest BCUT2D eigenvalue weighted by atomic mass is 10.1. The largest absolute Gasteiger partial charge is 0.444 e. The number of hydrogen-bond donors (Lipinski definition) is 2. The van der Waals surface area contributed by atoms with Crippen LogP contribution < -0.4 is 10.6 Å². The highest BCUT2D eigenvalue weighted by Gasteiger charge is 2.34. The Labute approximate surface area is 149 Å². The Balaban J connectivity index is 1.71. The molecule has 2 N–H and O–H groups in total. The minimum absolute atomic E-state index is 0.207. The van der Waals surface area contributed by atoms with Crippen LogP contribution in [0.15, 0.2) is 23.7 Å². The highest BCUT2D eigenvalue weighted by atomic mass is 16.6. The van der Waals surface area contributed by atoms with Gasteiger partial charge in [0.25, 0.3) is 0 Å². The van der Waals surface area contributed by atoms with Gasteiger partial charge in [0, 0.05) is 45.1 Å². The zero-order valence-electron chi connectivity index (χ0n) is 15.7. The van der Waals surface area contributed by atoms with Crippen LogP contribution in [0.1, 0.15) is 34.1 Å². The number of nitrogens with zero attached hydrogens (tertiary/aromatic N) is 4. The van der Waals surface area contributed by atoms with Gasteiger partial charge >= 0.3 is 6.09 Å². The van der Waals surface area contributed by atoms with Crippen molar-refractivity contribution in [1.82, 2.24) is 25.1 Å². The molecule has 1 saturated heterocycles. The van der Waals surface area contributed by atoms with E-state index in [2.05, 4.69) is 20.6 Å². The van der Waals surface area contributed by atoms with E-state index in [9.17, 15) is 4.79 Å². The number of carbonyl (C=O) groups is 1. The summed E-state index contributed by atoms with van der Waals surface area (Å²) in [6, 6.07) is 0.207. The maximum absolute atomic E-state index is 11.9. The summed E-state index contributed by atoms with van der Waals surface area (Å²) in [5.41, 5.74) is -0.457. The third-order valence-corrected chi connectivity index (χ3v) is 3.62. The Morgan fingerprint density at radius 3 is 2.76 bits per heavy atom. The van der Waals surface area contributed by atoms with E-state index < -0.39 is 5.60 Å². The quantitative estimate of drug-likeness (QED) is 0.461. The SMILES string of the molecule is CCNC(=NCCCn1ccnc1)NC1CN(C(=O)OC(C)(C)C)C1. The number of rotatable bonds is 6. The van der Waals surface area contributed by atoms with E-state index in [1.807, 2.05) is 44.8 Å². The third kappa shape index (κ3) is 6.64. The monoisotopic (exact) mass is 350 g/mol. The zero-order chi connectivity index (χ0) is 18.3. The van der Waals surface area contributed by atoms with E-state index >= 15 is 0 Å². The van der Waals surface area contributed by atoms with Crippen LogP contribution in [0.5, 0.6) is 0 Å². The van der Waals surface area contributed by atoms with Gasteiger partial charge < -0.3 is 24.8 Å². The number of likely N-dealkylation sites (tertiary alicyclic amines) is 1. The van der Waals surface area contributed by atoms with Crippen molar-refractivity contribution in [2.45, 2.75) is 52.3 Å². The summed E-state index contributed by atoms with van der Waals surface area (Å²) in [7, 11) is 0. The summed E-state index contributed by atoms with van der Waals surface area (Å²) in [4.78, 5) is 22.3. The van der Waals surface area contributed by atoms with Crippen LogP contribution in [-0.2, 0) is 11.3 Å². The van der Waals surface area contributed by atoms with Crippen molar-refractivity contribution in [3.05, 3.63) is 18.7 Å². The molecule has 1 aromatic heterocycles. The lowest BCUT2D eigenvalue weighted by Gasteiger charge is -2.40. The first-order valence-corrected chi connectivity index (χ1v) is 8.86. The fourth-order valence-corrected chi connectivity index (χ4v) is 2.42. The van der Waals surface area contributed by atoms with E-state index in [1.165, 1.54) is 0 Å². The molecule has 1 aromatic rings. The maximum Gasteiger partial charge on any atom is 0.410 e. The predicted octanol–water partition coefficient (Wildman–Crippen LogP) is 1.45. The second-order valence-corrected chi connectivity index (χ2v) is 7.14. The second-order valence-electron chi connectivity index (χ2n) is 7.14. The average molecular weight is 350 g/mol. The lowest BCUT2D eigenvalue weighted by molar-refractivity contribution is 0.00701. The number of nitrogens with one attached hydrogen (secondary N) is 2. The number of aliphatic imine (C=N–C) groups is 1. The molecule has 0 radical (unpaired) electrons. The van der Waals surface area contributed by atoms with Crippen molar-refractivity contribution in [3.63, 3.8) is 0 Å². The fraction of sp³-hybridized carbons (Fsp3) is 0.706. The first kappa shape index (κ1) is 19.1. The molecule has 0 atom stereocenters. The van der Waals surface area contributed by atoms with E-state index in [0.717, 1.165) is 32.0 Å². The number of guanidine groups is 1. The molecule has 8 nitrogen and oxygen atoms in total. The average Bonchev–Trinajstić information content (AvgIpc) is 2.97. The van der Waals surface area contributed by atoms with Crippen molar-refractivity contribution >= 4 is 12.1 Å². The van der Waals surface area contributed by atoms with Crippen molar-refractivity contribution in [1.29, 1.82) is 0 Å². The third-order valence-electron chi connectivity index (χ3n) is 3.62. The van der Waals surface area contributed by atoms with Crippen LogP contribution in [0, 0.1) is 0 Å². The minimum Gasteiger partial charge on any atom is -0.444 e. The Morgan fingerprint density at radius 2 is 2.16 bits per heavy atom. The van der Waals surface area contributed by atoms with E-state index in [1.54, 1.807) is 11.1 Å². The number of hydrogen-bond acceptors (Lipinski definition) is 4. The van der Waals surface area contributed by atoms with Crippen molar-refractivity contribution in [2.24, 2.45) is 4.99 Å². The van der Waals surface area contributed by atoms with Gasteiger partial charge in [-0.3, -0.25) is 4.99 Å². The molecule has 1 fully saturated rings. The maximum atomic E-state index is 11.9. The molecule has 1 aliphatic heterocycles. The summed E-state index contributed by atoms with van der Waals surface area (Å²) < 4.78 is 7.41. The van der Waals surface area contributed by atoms with Crippen LogP contribution in [0.2, 0.25) is 0 Å². The van der Waals surface area contributed by atoms with Crippen LogP contribution in [-0.4, -0.2) is 64.3 Å². The molecule has 1 amide bonds. The van der Waals surface area contributed by atoms with Crippen LogP contribution >= 0.6 is 0 Å². The Kier molecular flexibility index (Phi) is 6.66. The molecule has 8 heteroatoms. The molecule has 2 heterocycles. The Bertz CT molecular complexity index is 558. The molecule has 0 spiro atoms. The summed E-state index contributed by atoms with van der Waals surface area (Å²) >= 11 is 0. The summed E-state index contributed by atoms with van der Waals surface area (Å²) in [6.45, 7) is 11.4. The predicted molar refractivity (Wildman–Crippen MR) is 97.6 cm³/mol. The molecule has 0 unspecified atom stereocenters. The first-order valence-electron chi connectivity index (χ1n) is 8.86. The summed E-state index contributed by atoms with van der Waals surface area (Å²) in [5.74, 6) is 0.793. The molecule has 0 aromatic carbocycles. The number of aromatic nitrogens is 2. The standard InChI is InChI=1S/C17H30N6O2/c1-5-19-15(20-7-6-9-22-10-8-18-13-22)21-14-11-23(12-14)16(24)25-17(2,3)4/h8,10,13-14H,5-7,9,11-12H2,1-4H3,(H2,19,20,21). The molecule has 25 heavy (non-hydrogen) atoms. The highest BCUT2D eigenvalue weighted by Crippen LogP contribution is 2.15. The second kappa shape index (κ2) is 8.73. The van der Waals surface area contributed by atoms with Gasteiger partial charge in [-0.2, -0.15) is 0 Å². The molecule has 0 bridgehead atoms. The van der Waals surface area contributed by atoms with Gasteiger partial charge in [-0.15, -0.1) is 0 Å². The van der Waals surface area contributed by atoms with Crippen LogP contribution in [0.3, 0.4) is 0 Å². The van der Waals surface area contributed by atoms with E-state index in [4.69, 9.17) is 4.74 Å². The number of aryl methyl sites for hydroxylation is 1. The van der Waals surface area contributed by atoms with Gasteiger partial charge in [0.05, 0.1) is 12.4 Å². The van der Waals surface area contributed by atoms with Gasteiger partial charge in [0.15, 0.2) is 5.96 Å². The Hall–Kier alpha value is -2.25. The Morgan fingerprint density at radius 1 is 1.40 bits per heavy atom. The van der Waals surface area contributed by atoms with E-state index in [0.29, 0.717) is 13.1 Å². The normalized spacial score (nSPS) is 15.7. The lowest BCUT2D eigenvalue weighted by Crippen LogP contribution is -2.63. The zero-order valence-corrected chi connectivity index (χ0v) is 15.7. The molecule has 0 saturated carbocycles. The van der Waals surface area contributed by atoms with Gasteiger partial charge in [-0.1, -0.05) is 0 Å². The van der Waals surface area contributed by atoms with Gasteiger partial charge in [0.2, 0.25) is 0 Å². The van der Waals surface area contributed by atoms with Crippen LogP contribution in [0.25, 0.3) is 0 Å². The molecular formula is C17H30N6O2. The van der Waals surface area contributed by atoms with Crippen molar-refractivity contribution < 1.29 is 9.53 Å². The number of amides is 1. The number of carbonyl (C=O) groups excluding carboxylic acids is 1. The summed E-state index contributed by atoms with van der Waals surface area (Å²) in [5, 5.41) is 6.61. The highest BCUT2D eigenvalue weighted by molar-refractivity contribution is 5.80. The summed E-state index contributed by atoms with van der Waals surface area (Å²) in [6.07, 6.45) is 6.23. The van der Waals surface area contributed by atoms with Gasteiger partial charge in [-0.25, -0.2) is 9.78 Å². The smallest absolute Gasteiger partial charge is 0.410 e. The topological polar surface area (TPSA) is 83.8 Å². The van der Waals surface area contributed by atoms with Crippen molar-refractivity contribution in [3.8, 4) is 0 Å². The molecule has 0 aliphatic carbocycles. The molecule has 2 rings (SSSR count). The van der Waals surface area contributed by atoms with Gasteiger partial charge in [0.1, 0.15) is 5.60 Å². The fourth-order valence-electron chi connectivity index (χ4n) is 2.42. The molecule has 140 valence electrons. The molecule has 1 aliphatic rings. The number of imidazole rings is 1. The van der Waals surface area contributed by atoms with Gasteiger partial charge in [-0.05, 0) is 34.1 Å². The first-order chi connectivity index (χ1) is 11.9. The minimum atomic E-state index is -0.457. The van der Waals surface area contributed by atoms with E-state index in [-0.39, 0.29) is 12.1 Å². The molecular weight excluding hydrogens is 320 g/mol. The number of ether oxygens (including phenoxy) is 1. The van der Waals surface area contributed by atoms with Crippen molar-refractivity contribution in [2.75, 3.05) is 26.2 Å².